The van der Waals surface area contributed by atoms with E-state index < -0.39 is 22.2 Å². The number of hydrogen-bond donors (Lipinski definition) is 0. The van der Waals surface area contributed by atoms with Gasteiger partial charge < -0.3 is 18.5 Å². The Morgan fingerprint density at radius 3 is 1.82 bits per heavy atom. The van der Waals surface area contributed by atoms with Gasteiger partial charge in [0.05, 0.1) is 21.3 Å². The highest BCUT2D eigenvalue weighted by Gasteiger charge is 2.51. The Morgan fingerprint density at radius 2 is 1.38 bits per heavy atom. The van der Waals surface area contributed by atoms with Gasteiger partial charge in [-0.2, -0.15) is 0 Å². The van der Waals surface area contributed by atoms with Crippen LogP contribution in [0.25, 0.3) is 0 Å². The highest BCUT2D eigenvalue weighted by atomic mass is 79.9. The van der Waals surface area contributed by atoms with Crippen LogP contribution in [0.15, 0.2) is 34.1 Å². The average molecular weight is 655 g/mol. The molecule has 1 aliphatic heterocycles. The van der Waals surface area contributed by atoms with Crippen LogP contribution in [-0.2, 0) is 20.9 Å². The van der Waals surface area contributed by atoms with Crippen molar-refractivity contribution in [3.63, 3.8) is 0 Å². The maximum absolute atomic E-state index is 14.0. The van der Waals surface area contributed by atoms with Crippen LogP contribution in [0.1, 0.15) is 75.2 Å². The molecule has 0 radical (unpaired) electrons. The number of carbonyl (C=O) groups excluding carboxylic acids is 1. The first kappa shape index (κ1) is 32.5. The van der Waals surface area contributed by atoms with Crippen LogP contribution in [0.3, 0.4) is 0 Å². The summed E-state index contributed by atoms with van der Waals surface area (Å²) in [4.78, 5) is 16.9. The van der Waals surface area contributed by atoms with Gasteiger partial charge in [-0.25, -0.2) is 0 Å². The van der Waals surface area contributed by atoms with Gasteiger partial charge in [-0.1, -0.05) is 53.7 Å². The van der Waals surface area contributed by atoms with Crippen molar-refractivity contribution in [3.05, 3.63) is 50.1 Å². The van der Waals surface area contributed by atoms with Gasteiger partial charge in [0.15, 0.2) is 16.6 Å². The van der Waals surface area contributed by atoms with E-state index in [0.717, 1.165) is 38.4 Å². The molecule has 5 nitrogen and oxygen atoms in total. The molecule has 218 valence electrons. The van der Waals surface area contributed by atoms with Gasteiger partial charge in [0, 0.05) is 25.3 Å². The van der Waals surface area contributed by atoms with Crippen molar-refractivity contribution >= 4 is 49.8 Å². The minimum atomic E-state index is -1.95. The fourth-order valence-electron chi connectivity index (χ4n) is 4.51. The third-order valence-electron chi connectivity index (χ3n) is 9.23. The Balaban J connectivity index is 2.00. The molecule has 0 N–H and O–H groups in total. The van der Waals surface area contributed by atoms with Crippen molar-refractivity contribution in [2.75, 3.05) is 20.3 Å². The lowest BCUT2D eigenvalue weighted by molar-refractivity contribution is 0.0344. The maximum atomic E-state index is 14.0. The smallest absolute Gasteiger partial charge is 0.265 e. The van der Waals surface area contributed by atoms with E-state index in [9.17, 15) is 4.79 Å². The third-order valence-corrected chi connectivity index (χ3v) is 19.9. The fourth-order valence-corrected chi connectivity index (χ4v) is 8.25. The Labute approximate surface area is 251 Å². The van der Waals surface area contributed by atoms with E-state index in [1.54, 1.807) is 7.11 Å². The minimum absolute atomic E-state index is 0.0937. The van der Waals surface area contributed by atoms with Crippen LogP contribution in [0, 0.1) is 0 Å². The summed E-state index contributed by atoms with van der Waals surface area (Å²) in [5.74, 6) is 0.905. The van der Waals surface area contributed by atoms with Crippen LogP contribution in [0.4, 0.5) is 0 Å². The van der Waals surface area contributed by atoms with E-state index in [-0.39, 0.29) is 16.0 Å². The number of benzene rings is 1. The van der Waals surface area contributed by atoms with Crippen molar-refractivity contribution in [1.29, 1.82) is 0 Å². The van der Waals surface area contributed by atoms with E-state index in [2.05, 4.69) is 107 Å². The number of ether oxygens (including phenoxy) is 1. The number of halogens is 1. The number of rotatable bonds is 11. The summed E-state index contributed by atoms with van der Waals surface area (Å²) in [6.45, 7) is 24.5. The third kappa shape index (κ3) is 6.92. The molecule has 2 heterocycles. The molecule has 0 spiro atoms. The van der Waals surface area contributed by atoms with Crippen molar-refractivity contribution in [2.45, 2.75) is 103 Å². The second kappa shape index (κ2) is 11.7. The Morgan fingerprint density at radius 1 is 0.897 bits per heavy atom. The van der Waals surface area contributed by atoms with Crippen LogP contribution >= 0.6 is 27.3 Å². The fraction of sp³-hybridized carbons (Fsp3) is 0.633. The molecule has 3 rings (SSSR count). The number of amides is 1. The first-order chi connectivity index (χ1) is 17.8. The lowest BCUT2D eigenvalue weighted by Gasteiger charge is -2.43. The Bertz CT molecular complexity index is 1120. The van der Waals surface area contributed by atoms with Crippen molar-refractivity contribution in [1.82, 2.24) is 4.90 Å². The van der Waals surface area contributed by atoms with Gasteiger partial charge in [-0.05, 0) is 88.8 Å². The summed E-state index contributed by atoms with van der Waals surface area (Å²) in [5.41, 5.74) is 1.69. The van der Waals surface area contributed by atoms with Crippen molar-refractivity contribution < 1.29 is 18.4 Å². The summed E-state index contributed by atoms with van der Waals surface area (Å²) < 4.78 is 19.8. The standard InChI is InChI=1S/C30H48BrNO4SSi2/c1-28(2,3)38(8,9)35-18-16-30(17-19-36-39(10,11)29(4,5)6)24-20-25(31)37-26(24)27(33)32(30)21-22-12-14-23(34-7)15-13-22/h12-15,20H,16-19,21H2,1-11H3. The molecule has 0 saturated carbocycles. The van der Waals surface area contributed by atoms with E-state index in [1.807, 2.05) is 12.1 Å². The number of fused-ring (bicyclic) bond motifs is 1. The molecule has 2 aromatic rings. The predicted octanol–water partition coefficient (Wildman–Crippen LogP) is 9.19. The molecule has 0 atom stereocenters. The van der Waals surface area contributed by atoms with Crippen LogP contribution in [0.2, 0.25) is 36.3 Å². The number of hydrogen-bond acceptors (Lipinski definition) is 5. The maximum Gasteiger partial charge on any atom is 0.265 e. The second-order valence-electron chi connectivity index (χ2n) is 13.8. The molecule has 1 amide bonds. The van der Waals surface area contributed by atoms with Gasteiger partial charge >= 0.3 is 0 Å². The quantitative estimate of drug-likeness (QED) is 0.227. The van der Waals surface area contributed by atoms with E-state index in [4.69, 9.17) is 13.6 Å². The molecule has 1 aromatic heterocycles. The zero-order chi connectivity index (χ0) is 29.4. The summed E-state index contributed by atoms with van der Waals surface area (Å²) in [5, 5.41) is 0.243. The monoisotopic (exact) mass is 653 g/mol. The van der Waals surface area contributed by atoms with Crippen LogP contribution in [0.5, 0.6) is 5.75 Å². The van der Waals surface area contributed by atoms with Crippen LogP contribution in [-0.4, -0.2) is 47.8 Å². The molecule has 0 unspecified atom stereocenters. The molecule has 0 fully saturated rings. The molecular weight excluding hydrogens is 606 g/mol. The topological polar surface area (TPSA) is 48.0 Å². The lowest BCUT2D eigenvalue weighted by atomic mass is 9.85. The summed E-state index contributed by atoms with van der Waals surface area (Å²) in [7, 11) is -2.24. The normalized spacial score (nSPS) is 16.1. The molecule has 0 aliphatic carbocycles. The number of methoxy groups -OCH3 is 1. The predicted molar refractivity (Wildman–Crippen MR) is 172 cm³/mol. The van der Waals surface area contributed by atoms with E-state index >= 15 is 0 Å². The molecule has 0 bridgehead atoms. The molecule has 39 heavy (non-hydrogen) atoms. The van der Waals surface area contributed by atoms with Crippen molar-refractivity contribution in [2.24, 2.45) is 0 Å². The molecule has 9 heteroatoms. The number of thiophene rings is 1. The van der Waals surface area contributed by atoms with Gasteiger partial charge in [0.1, 0.15) is 5.75 Å². The Hall–Kier alpha value is -0.976. The highest BCUT2D eigenvalue weighted by molar-refractivity contribution is 9.11. The lowest BCUT2D eigenvalue weighted by Crippen LogP contribution is -2.48. The van der Waals surface area contributed by atoms with Crippen LogP contribution < -0.4 is 4.74 Å². The molecule has 1 aliphatic rings. The van der Waals surface area contributed by atoms with E-state index in [1.165, 1.54) is 11.3 Å². The van der Waals surface area contributed by atoms with Crippen molar-refractivity contribution in [3.8, 4) is 5.75 Å². The minimum Gasteiger partial charge on any atom is -0.497 e. The first-order valence-corrected chi connectivity index (χ1v) is 21.3. The largest absolute Gasteiger partial charge is 0.497 e. The van der Waals surface area contributed by atoms with Gasteiger partial charge in [-0.3, -0.25) is 4.79 Å². The SMILES string of the molecule is COc1ccc(CN2C(=O)c3sc(Br)cc3C2(CCO[Si](C)(C)C(C)(C)C)CCO[Si](C)(C)C(C)(C)C)cc1. The summed E-state index contributed by atoms with van der Waals surface area (Å²) in [6, 6.07) is 10.2. The van der Waals surface area contributed by atoms with Gasteiger partial charge in [0.25, 0.3) is 5.91 Å². The van der Waals surface area contributed by atoms with Gasteiger partial charge in [-0.15, -0.1) is 11.3 Å². The zero-order valence-corrected chi connectivity index (χ0v) is 30.2. The zero-order valence-electron chi connectivity index (χ0n) is 25.8. The number of nitrogens with zero attached hydrogens (tertiary/aromatic N) is 1. The highest BCUT2D eigenvalue weighted by Crippen LogP contribution is 2.50. The number of carbonyl (C=O) groups is 1. The Kier molecular flexibility index (Phi) is 9.78. The van der Waals surface area contributed by atoms with Gasteiger partial charge in [0.2, 0.25) is 0 Å². The second-order valence-corrected chi connectivity index (χ2v) is 25.8. The summed E-state index contributed by atoms with van der Waals surface area (Å²) >= 11 is 5.21. The summed E-state index contributed by atoms with van der Waals surface area (Å²) in [6.07, 6.45) is 1.47. The first-order valence-electron chi connectivity index (χ1n) is 13.9. The molecule has 0 saturated heterocycles. The van der Waals surface area contributed by atoms with E-state index in [0.29, 0.717) is 19.8 Å². The molecular formula is C30H48BrNO4SSi2. The molecule has 1 aromatic carbocycles. The average Bonchev–Trinajstić information content (AvgIpc) is 3.29.